The number of aryl methyl sites for hydroxylation is 1. The van der Waals surface area contributed by atoms with E-state index >= 15 is 0 Å². The second kappa shape index (κ2) is 7.43. The van der Waals surface area contributed by atoms with Crippen LogP contribution in [0.25, 0.3) is 0 Å². The first-order valence-electron chi connectivity index (χ1n) is 9.57. The molecule has 2 aromatic rings. The minimum absolute atomic E-state index is 0.00313. The number of rotatable bonds is 5. The lowest BCUT2D eigenvalue weighted by atomic mass is 10.0. The molecule has 0 saturated carbocycles. The largest absolute Gasteiger partial charge is 0.486 e. The van der Waals surface area contributed by atoms with Crippen molar-refractivity contribution < 1.29 is 14.3 Å². The standard InChI is InChI=1S/C22H24N2O3/c1-2-16-8-6-7-11-20(16)27-18-14-23(15-18)21(25)19-12-13-24(22(19)26)17-9-4-3-5-10-17/h3-11,18-19H,2,12-15H2,1H3/t19-/m1/s1. The molecule has 0 aromatic heterocycles. The summed E-state index contributed by atoms with van der Waals surface area (Å²) in [4.78, 5) is 28.9. The van der Waals surface area contributed by atoms with Crippen LogP contribution >= 0.6 is 0 Å². The quantitative estimate of drug-likeness (QED) is 0.767. The highest BCUT2D eigenvalue weighted by molar-refractivity contribution is 6.09. The SMILES string of the molecule is CCc1ccccc1OC1CN(C(=O)[C@H]2CCN(c3ccccc3)C2=O)C1. The summed E-state index contributed by atoms with van der Waals surface area (Å²) in [6.07, 6.45) is 1.49. The molecule has 0 aliphatic carbocycles. The summed E-state index contributed by atoms with van der Waals surface area (Å²) in [6, 6.07) is 17.6. The highest BCUT2D eigenvalue weighted by atomic mass is 16.5. The van der Waals surface area contributed by atoms with Gasteiger partial charge in [-0.2, -0.15) is 0 Å². The number of nitrogens with zero attached hydrogens (tertiary/aromatic N) is 2. The first kappa shape index (κ1) is 17.6. The van der Waals surface area contributed by atoms with Gasteiger partial charge in [-0.25, -0.2) is 0 Å². The first-order chi connectivity index (χ1) is 13.2. The fourth-order valence-corrected chi connectivity index (χ4v) is 3.78. The van der Waals surface area contributed by atoms with Crippen molar-refractivity contribution in [1.29, 1.82) is 0 Å². The molecule has 2 aliphatic heterocycles. The van der Waals surface area contributed by atoms with Crippen molar-refractivity contribution >= 4 is 17.5 Å². The van der Waals surface area contributed by atoms with Gasteiger partial charge in [0.2, 0.25) is 11.8 Å². The van der Waals surface area contributed by atoms with Crippen LogP contribution in [0, 0.1) is 5.92 Å². The van der Waals surface area contributed by atoms with Gasteiger partial charge in [-0.3, -0.25) is 9.59 Å². The number of carbonyl (C=O) groups excluding carboxylic acids is 2. The molecule has 140 valence electrons. The van der Waals surface area contributed by atoms with E-state index in [2.05, 4.69) is 13.0 Å². The van der Waals surface area contributed by atoms with Crippen LogP contribution in [0.5, 0.6) is 5.75 Å². The molecule has 2 heterocycles. The normalized spacial score (nSPS) is 19.9. The molecule has 0 spiro atoms. The number of amides is 2. The number of likely N-dealkylation sites (tertiary alicyclic amines) is 1. The number of hydrogen-bond donors (Lipinski definition) is 0. The lowest BCUT2D eigenvalue weighted by Crippen LogP contribution is -2.58. The molecule has 0 bridgehead atoms. The zero-order valence-electron chi connectivity index (χ0n) is 15.5. The van der Waals surface area contributed by atoms with Crippen LogP contribution in [-0.4, -0.2) is 42.5 Å². The molecule has 0 N–H and O–H groups in total. The van der Waals surface area contributed by atoms with Gasteiger partial charge in [0.1, 0.15) is 17.8 Å². The third kappa shape index (κ3) is 3.42. The van der Waals surface area contributed by atoms with E-state index in [1.165, 1.54) is 5.56 Å². The molecule has 0 radical (unpaired) electrons. The van der Waals surface area contributed by atoms with Gasteiger partial charge >= 0.3 is 0 Å². The number of ether oxygens (including phenoxy) is 1. The van der Waals surface area contributed by atoms with E-state index in [0.717, 1.165) is 17.9 Å². The summed E-state index contributed by atoms with van der Waals surface area (Å²) in [6.45, 7) is 3.79. The zero-order valence-corrected chi connectivity index (χ0v) is 15.5. The zero-order chi connectivity index (χ0) is 18.8. The van der Waals surface area contributed by atoms with Gasteiger partial charge in [-0.1, -0.05) is 43.3 Å². The summed E-state index contributed by atoms with van der Waals surface area (Å²) in [7, 11) is 0. The Bertz CT molecular complexity index is 830. The molecule has 4 rings (SSSR count). The Hall–Kier alpha value is -2.82. The van der Waals surface area contributed by atoms with Crippen LogP contribution < -0.4 is 9.64 Å². The Morgan fingerprint density at radius 1 is 1.07 bits per heavy atom. The lowest BCUT2D eigenvalue weighted by molar-refractivity contribution is -0.147. The Morgan fingerprint density at radius 3 is 2.52 bits per heavy atom. The minimum atomic E-state index is -0.561. The van der Waals surface area contributed by atoms with E-state index in [9.17, 15) is 9.59 Å². The monoisotopic (exact) mass is 364 g/mol. The molecule has 2 saturated heterocycles. The summed E-state index contributed by atoms with van der Waals surface area (Å²) in [5.74, 6) is 0.173. The predicted molar refractivity (Wildman–Crippen MR) is 104 cm³/mol. The maximum atomic E-state index is 12.8. The predicted octanol–water partition coefficient (Wildman–Crippen LogP) is 2.89. The van der Waals surface area contributed by atoms with Crippen molar-refractivity contribution in [3.8, 4) is 5.75 Å². The van der Waals surface area contributed by atoms with Gasteiger partial charge in [0.15, 0.2) is 0 Å². The highest BCUT2D eigenvalue weighted by Gasteiger charge is 2.43. The minimum Gasteiger partial charge on any atom is -0.486 e. The third-order valence-corrected chi connectivity index (χ3v) is 5.38. The summed E-state index contributed by atoms with van der Waals surface area (Å²) in [5.41, 5.74) is 2.03. The molecular formula is C22H24N2O3. The maximum Gasteiger partial charge on any atom is 0.239 e. The number of anilines is 1. The van der Waals surface area contributed by atoms with E-state index in [-0.39, 0.29) is 17.9 Å². The Labute approximate surface area is 159 Å². The van der Waals surface area contributed by atoms with Crippen molar-refractivity contribution in [1.82, 2.24) is 4.90 Å². The topological polar surface area (TPSA) is 49.9 Å². The van der Waals surface area contributed by atoms with Crippen molar-refractivity contribution in [2.24, 2.45) is 5.92 Å². The van der Waals surface area contributed by atoms with Crippen molar-refractivity contribution in [2.45, 2.75) is 25.9 Å². The Balaban J connectivity index is 1.33. The van der Waals surface area contributed by atoms with Crippen LogP contribution in [0.1, 0.15) is 18.9 Å². The van der Waals surface area contributed by atoms with E-state index < -0.39 is 5.92 Å². The molecule has 2 aliphatic rings. The second-order valence-corrected chi connectivity index (χ2v) is 7.11. The number of carbonyl (C=O) groups is 2. The van der Waals surface area contributed by atoms with Crippen molar-refractivity contribution in [2.75, 3.05) is 24.5 Å². The van der Waals surface area contributed by atoms with Gasteiger partial charge < -0.3 is 14.5 Å². The molecule has 5 heteroatoms. The van der Waals surface area contributed by atoms with Crippen molar-refractivity contribution in [3.05, 3.63) is 60.2 Å². The van der Waals surface area contributed by atoms with E-state index in [0.29, 0.717) is 26.1 Å². The Morgan fingerprint density at radius 2 is 1.78 bits per heavy atom. The second-order valence-electron chi connectivity index (χ2n) is 7.11. The van der Waals surface area contributed by atoms with Crippen LogP contribution in [0.2, 0.25) is 0 Å². The molecular weight excluding hydrogens is 340 g/mol. The van der Waals surface area contributed by atoms with Crippen LogP contribution in [0.4, 0.5) is 5.69 Å². The summed E-state index contributed by atoms with van der Waals surface area (Å²) in [5, 5.41) is 0. The van der Waals surface area contributed by atoms with Gasteiger partial charge in [0.25, 0.3) is 0 Å². The van der Waals surface area contributed by atoms with Crippen molar-refractivity contribution in [3.63, 3.8) is 0 Å². The molecule has 2 aromatic carbocycles. The number of para-hydroxylation sites is 2. The van der Waals surface area contributed by atoms with Gasteiger partial charge in [0.05, 0.1) is 13.1 Å². The maximum absolute atomic E-state index is 12.8. The molecule has 2 amide bonds. The van der Waals surface area contributed by atoms with E-state index in [1.54, 1.807) is 9.80 Å². The number of hydrogen-bond acceptors (Lipinski definition) is 3. The van der Waals surface area contributed by atoms with Gasteiger partial charge in [0, 0.05) is 12.2 Å². The van der Waals surface area contributed by atoms with Crippen LogP contribution in [0.15, 0.2) is 54.6 Å². The fourth-order valence-electron chi connectivity index (χ4n) is 3.78. The average molecular weight is 364 g/mol. The Kier molecular flexibility index (Phi) is 4.84. The third-order valence-electron chi connectivity index (χ3n) is 5.38. The lowest BCUT2D eigenvalue weighted by Gasteiger charge is -2.40. The van der Waals surface area contributed by atoms with Gasteiger partial charge in [-0.15, -0.1) is 0 Å². The molecule has 27 heavy (non-hydrogen) atoms. The number of benzene rings is 2. The smallest absolute Gasteiger partial charge is 0.239 e. The summed E-state index contributed by atoms with van der Waals surface area (Å²) >= 11 is 0. The summed E-state index contributed by atoms with van der Waals surface area (Å²) < 4.78 is 6.04. The molecule has 5 nitrogen and oxygen atoms in total. The first-order valence-corrected chi connectivity index (χ1v) is 9.57. The average Bonchev–Trinajstić information content (AvgIpc) is 3.06. The van der Waals surface area contributed by atoms with E-state index in [4.69, 9.17) is 4.74 Å². The van der Waals surface area contributed by atoms with Crippen LogP contribution in [0.3, 0.4) is 0 Å². The van der Waals surface area contributed by atoms with E-state index in [1.807, 2.05) is 48.5 Å². The highest BCUT2D eigenvalue weighted by Crippen LogP contribution is 2.29. The van der Waals surface area contributed by atoms with Gasteiger partial charge in [-0.05, 0) is 36.6 Å². The van der Waals surface area contributed by atoms with Crippen LogP contribution in [-0.2, 0) is 16.0 Å². The molecule has 0 unspecified atom stereocenters. The molecule has 1 atom stereocenters. The fraction of sp³-hybridized carbons (Fsp3) is 0.364. The molecule has 2 fully saturated rings.